The van der Waals surface area contributed by atoms with Crippen molar-refractivity contribution in [2.24, 2.45) is 0 Å². The van der Waals surface area contributed by atoms with E-state index in [1.165, 1.54) is 0 Å². The highest BCUT2D eigenvalue weighted by molar-refractivity contribution is 5.87. The summed E-state index contributed by atoms with van der Waals surface area (Å²) in [5.74, 6) is -0.0979. The van der Waals surface area contributed by atoms with E-state index >= 15 is 0 Å². The van der Waals surface area contributed by atoms with Crippen LogP contribution >= 0.6 is 0 Å². The molecule has 0 radical (unpaired) electrons. The summed E-state index contributed by atoms with van der Waals surface area (Å²) in [5, 5.41) is 0. The van der Waals surface area contributed by atoms with E-state index in [0.717, 1.165) is 11.1 Å². The molecule has 0 aliphatic carbocycles. The Balaban J connectivity index is 1.94. The lowest BCUT2D eigenvalue weighted by molar-refractivity contribution is -0.143. The first-order valence-electron chi connectivity index (χ1n) is 8.19. The van der Waals surface area contributed by atoms with Crippen LogP contribution < -0.4 is 0 Å². The summed E-state index contributed by atoms with van der Waals surface area (Å²) < 4.78 is 5.76. The molecule has 3 rings (SSSR count). The fraction of sp³-hybridized carbons (Fsp3) is 0.350. The maximum absolute atomic E-state index is 13.3. The second-order valence-electron chi connectivity index (χ2n) is 6.25. The van der Waals surface area contributed by atoms with Gasteiger partial charge in [-0.05, 0) is 25.0 Å². The van der Waals surface area contributed by atoms with E-state index < -0.39 is 0 Å². The molecular formula is C20H23NO2. The van der Waals surface area contributed by atoms with Gasteiger partial charge < -0.3 is 9.64 Å². The van der Waals surface area contributed by atoms with Gasteiger partial charge in [-0.2, -0.15) is 0 Å². The molecule has 0 unspecified atom stereocenters. The predicted octanol–water partition coefficient (Wildman–Crippen LogP) is 3.45. The summed E-state index contributed by atoms with van der Waals surface area (Å²) in [6.07, 6.45) is 0.157. The molecule has 23 heavy (non-hydrogen) atoms. The van der Waals surface area contributed by atoms with Gasteiger partial charge in [-0.15, -0.1) is 0 Å². The third kappa shape index (κ3) is 3.62. The van der Waals surface area contributed by atoms with Gasteiger partial charge in [-0.3, -0.25) is 4.79 Å². The second-order valence-corrected chi connectivity index (χ2v) is 6.25. The van der Waals surface area contributed by atoms with E-state index in [-0.39, 0.29) is 24.0 Å². The normalized spacial score (nSPS) is 21.4. The first-order chi connectivity index (χ1) is 11.1. The van der Waals surface area contributed by atoms with Crippen molar-refractivity contribution in [3.8, 4) is 0 Å². The Morgan fingerprint density at radius 2 is 1.35 bits per heavy atom. The predicted molar refractivity (Wildman–Crippen MR) is 91.3 cm³/mol. The highest BCUT2D eigenvalue weighted by atomic mass is 16.5. The van der Waals surface area contributed by atoms with Crippen molar-refractivity contribution >= 4 is 5.91 Å². The number of morpholine rings is 1. The number of ether oxygens (including phenoxy) is 1. The van der Waals surface area contributed by atoms with Crippen molar-refractivity contribution in [3.63, 3.8) is 0 Å². The van der Waals surface area contributed by atoms with Gasteiger partial charge in [-0.1, -0.05) is 60.7 Å². The van der Waals surface area contributed by atoms with Crippen molar-refractivity contribution < 1.29 is 9.53 Å². The van der Waals surface area contributed by atoms with Crippen molar-refractivity contribution in [2.45, 2.75) is 32.0 Å². The van der Waals surface area contributed by atoms with Crippen LogP contribution in [0.3, 0.4) is 0 Å². The van der Waals surface area contributed by atoms with E-state index in [1.807, 2.05) is 79.4 Å². The fourth-order valence-corrected chi connectivity index (χ4v) is 3.31. The number of nitrogens with zero attached hydrogens (tertiary/aromatic N) is 1. The lowest BCUT2D eigenvalue weighted by atomic mass is 9.89. The molecule has 2 aromatic rings. The van der Waals surface area contributed by atoms with Crippen LogP contribution in [0.5, 0.6) is 0 Å². The van der Waals surface area contributed by atoms with Gasteiger partial charge in [0.1, 0.15) is 0 Å². The van der Waals surface area contributed by atoms with E-state index in [4.69, 9.17) is 4.74 Å². The molecule has 0 aromatic heterocycles. The van der Waals surface area contributed by atoms with Gasteiger partial charge in [0.15, 0.2) is 0 Å². The number of rotatable bonds is 3. The molecule has 2 atom stereocenters. The highest BCUT2D eigenvalue weighted by Gasteiger charge is 2.32. The standard InChI is InChI=1S/C20H23NO2/c1-15-13-21(14-16(2)23-15)20(22)19(17-9-5-3-6-10-17)18-11-7-4-8-12-18/h3-12,15-16,19H,13-14H2,1-2H3/t15-,16+. The van der Waals surface area contributed by atoms with Gasteiger partial charge in [-0.25, -0.2) is 0 Å². The first kappa shape index (κ1) is 15.8. The summed E-state index contributed by atoms with van der Waals surface area (Å²) in [6, 6.07) is 20.0. The first-order valence-corrected chi connectivity index (χ1v) is 8.19. The molecule has 3 heteroatoms. The Kier molecular flexibility index (Phi) is 4.77. The Morgan fingerprint density at radius 3 is 1.78 bits per heavy atom. The Labute approximate surface area is 137 Å². The number of hydrogen-bond donors (Lipinski definition) is 0. The van der Waals surface area contributed by atoms with Crippen LogP contribution in [0.15, 0.2) is 60.7 Å². The molecule has 0 saturated carbocycles. The second kappa shape index (κ2) is 6.97. The summed E-state index contributed by atoms with van der Waals surface area (Å²) in [6.45, 7) is 5.35. The van der Waals surface area contributed by atoms with Gasteiger partial charge in [0.2, 0.25) is 5.91 Å². The summed E-state index contributed by atoms with van der Waals surface area (Å²) in [4.78, 5) is 15.2. The topological polar surface area (TPSA) is 29.5 Å². The number of amides is 1. The number of carbonyl (C=O) groups excluding carboxylic acids is 1. The molecule has 2 aromatic carbocycles. The van der Waals surface area contributed by atoms with E-state index in [9.17, 15) is 4.79 Å². The van der Waals surface area contributed by atoms with Gasteiger partial charge in [0, 0.05) is 13.1 Å². The zero-order valence-electron chi connectivity index (χ0n) is 13.7. The Hall–Kier alpha value is -2.13. The van der Waals surface area contributed by atoms with E-state index in [1.54, 1.807) is 0 Å². The van der Waals surface area contributed by atoms with Crippen molar-refractivity contribution in [1.29, 1.82) is 0 Å². The quantitative estimate of drug-likeness (QED) is 0.869. The molecule has 0 bridgehead atoms. The molecule has 1 aliphatic heterocycles. The molecule has 3 nitrogen and oxygen atoms in total. The minimum atomic E-state index is -0.255. The minimum Gasteiger partial charge on any atom is -0.372 e. The molecule has 1 saturated heterocycles. The average Bonchev–Trinajstić information content (AvgIpc) is 2.56. The van der Waals surface area contributed by atoms with Crippen LogP contribution in [0.2, 0.25) is 0 Å². The summed E-state index contributed by atoms with van der Waals surface area (Å²) >= 11 is 0. The largest absolute Gasteiger partial charge is 0.372 e. The molecule has 1 fully saturated rings. The summed E-state index contributed by atoms with van der Waals surface area (Å²) in [7, 11) is 0. The SMILES string of the molecule is C[C@@H]1CN(C(=O)C(c2ccccc2)c2ccccc2)C[C@H](C)O1. The maximum atomic E-state index is 13.3. The smallest absolute Gasteiger partial charge is 0.234 e. The van der Waals surface area contributed by atoms with Crippen LogP contribution in [0, 0.1) is 0 Å². The number of benzene rings is 2. The van der Waals surface area contributed by atoms with Crippen LogP contribution in [0.4, 0.5) is 0 Å². The van der Waals surface area contributed by atoms with Crippen molar-refractivity contribution in [3.05, 3.63) is 71.8 Å². The van der Waals surface area contributed by atoms with Crippen LogP contribution in [-0.4, -0.2) is 36.1 Å². The fourth-order valence-electron chi connectivity index (χ4n) is 3.31. The van der Waals surface area contributed by atoms with Gasteiger partial charge in [0.25, 0.3) is 0 Å². The van der Waals surface area contributed by atoms with Crippen LogP contribution in [0.1, 0.15) is 30.9 Å². The van der Waals surface area contributed by atoms with E-state index in [0.29, 0.717) is 13.1 Å². The third-order valence-electron chi connectivity index (χ3n) is 4.24. The average molecular weight is 309 g/mol. The molecule has 0 spiro atoms. The van der Waals surface area contributed by atoms with Crippen LogP contribution in [0.25, 0.3) is 0 Å². The number of carbonyl (C=O) groups is 1. The Bertz CT molecular complexity index is 592. The molecule has 1 amide bonds. The van der Waals surface area contributed by atoms with E-state index in [2.05, 4.69) is 0 Å². The minimum absolute atomic E-state index is 0.0786. The monoisotopic (exact) mass is 309 g/mol. The Morgan fingerprint density at radius 1 is 0.913 bits per heavy atom. The molecular weight excluding hydrogens is 286 g/mol. The van der Waals surface area contributed by atoms with Crippen LogP contribution in [-0.2, 0) is 9.53 Å². The zero-order chi connectivity index (χ0) is 16.2. The van der Waals surface area contributed by atoms with Crippen molar-refractivity contribution in [1.82, 2.24) is 4.90 Å². The van der Waals surface area contributed by atoms with Crippen molar-refractivity contribution in [2.75, 3.05) is 13.1 Å². The molecule has 120 valence electrons. The third-order valence-corrected chi connectivity index (χ3v) is 4.24. The number of hydrogen-bond acceptors (Lipinski definition) is 2. The molecule has 1 heterocycles. The van der Waals surface area contributed by atoms with Gasteiger partial charge >= 0.3 is 0 Å². The molecule has 0 N–H and O–H groups in total. The zero-order valence-corrected chi connectivity index (χ0v) is 13.7. The lowest BCUT2D eigenvalue weighted by Crippen LogP contribution is -2.49. The lowest BCUT2D eigenvalue weighted by Gasteiger charge is -2.37. The summed E-state index contributed by atoms with van der Waals surface area (Å²) in [5.41, 5.74) is 2.07. The molecule has 1 aliphatic rings. The maximum Gasteiger partial charge on any atom is 0.234 e. The van der Waals surface area contributed by atoms with Gasteiger partial charge in [0.05, 0.1) is 18.1 Å². The highest BCUT2D eigenvalue weighted by Crippen LogP contribution is 2.28.